The van der Waals surface area contributed by atoms with Gasteiger partial charge >= 0.3 is 0 Å². The Labute approximate surface area is 167 Å². The van der Waals surface area contributed by atoms with E-state index < -0.39 is 12.1 Å². The Morgan fingerprint density at radius 2 is 1.82 bits per heavy atom. The lowest BCUT2D eigenvalue weighted by molar-refractivity contribution is -0.127. The van der Waals surface area contributed by atoms with Gasteiger partial charge in [-0.05, 0) is 55.1 Å². The second kappa shape index (κ2) is 8.80. The van der Waals surface area contributed by atoms with Crippen molar-refractivity contribution < 1.29 is 18.7 Å². The Hall–Kier alpha value is -2.99. The van der Waals surface area contributed by atoms with Gasteiger partial charge in [0.1, 0.15) is 11.6 Å². The summed E-state index contributed by atoms with van der Waals surface area (Å²) in [6.45, 7) is 3.12. The third-order valence-electron chi connectivity index (χ3n) is 4.24. The summed E-state index contributed by atoms with van der Waals surface area (Å²) in [5.74, 6) is -0.264. The van der Waals surface area contributed by atoms with Crippen LogP contribution in [0.25, 0.3) is 0 Å². The predicted octanol–water partition coefficient (Wildman–Crippen LogP) is 4.76. The number of benzene rings is 2. The van der Waals surface area contributed by atoms with Crippen molar-refractivity contribution in [3.8, 4) is 5.75 Å². The van der Waals surface area contributed by atoms with Gasteiger partial charge in [-0.3, -0.25) is 9.59 Å². The van der Waals surface area contributed by atoms with Gasteiger partial charge in [-0.2, -0.15) is 0 Å². The van der Waals surface area contributed by atoms with Crippen LogP contribution in [-0.2, 0) is 4.79 Å². The van der Waals surface area contributed by atoms with E-state index in [4.69, 9.17) is 4.74 Å². The zero-order valence-corrected chi connectivity index (χ0v) is 16.3. The minimum Gasteiger partial charge on any atom is -0.481 e. The van der Waals surface area contributed by atoms with E-state index in [2.05, 4.69) is 5.32 Å². The van der Waals surface area contributed by atoms with Gasteiger partial charge in [0, 0.05) is 10.4 Å². The molecule has 0 aliphatic rings. The molecule has 0 fully saturated rings. The SMILES string of the molecule is CC(=O)c1cccc(OC(C)C(=O)NC(c2ccc(F)cc2)c2cccs2)c1. The molecule has 1 amide bonds. The van der Waals surface area contributed by atoms with E-state index in [-0.39, 0.29) is 17.5 Å². The first kappa shape index (κ1) is 19.8. The van der Waals surface area contributed by atoms with Crippen molar-refractivity contribution in [3.63, 3.8) is 0 Å². The van der Waals surface area contributed by atoms with E-state index in [1.54, 1.807) is 43.3 Å². The lowest BCUT2D eigenvalue weighted by Crippen LogP contribution is -2.38. The molecule has 6 heteroatoms. The maximum absolute atomic E-state index is 13.3. The number of nitrogens with one attached hydrogen (secondary N) is 1. The van der Waals surface area contributed by atoms with Crippen LogP contribution in [0.2, 0.25) is 0 Å². The Kier molecular flexibility index (Phi) is 6.21. The second-order valence-electron chi connectivity index (χ2n) is 6.35. The maximum Gasteiger partial charge on any atom is 0.261 e. The van der Waals surface area contributed by atoms with Crippen LogP contribution in [0.5, 0.6) is 5.75 Å². The number of rotatable bonds is 7. The maximum atomic E-state index is 13.3. The van der Waals surface area contributed by atoms with Crippen molar-refractivity contribution in [2.45, 2.75) is 26.0 Å². The zero-order chi connectivity index (χ0) is 20.1. The van der Waals surface area contributed by atoms with E-state index >= 15 is 0 Å². The van der Waals surface area contributed by atoms with E-state index in [1.807, 2.05) is 17.5 Å². The second-order valence-corrected chi connectivity index (χ2v) is 7.33. The summed E-state index contributed by atoms with van der Waals surface area (Å²) in [7, 11) is 0. The molecule has 3 aromatic rings. The Balaban J connectivity index is 1.75. The third kappa shape index (κ3) is 4.84. The number of hydrogen-bond donors (Lipinski definition) is 1. The zero-order valence-electron chi connectivity index (χ0n) is 15.5. The summed E-state index contributed by atoms with van der Waals surface area (Å²) in [6.07, 6.45) is -0.773. The molecule has 1 N–H and O–H groups in total. The molecule has 3 rings (SSSR count). The van der Waals surface area contributed by atoms with E-state index in [0.29, 0.717) is 11.3 Å². The molecule has 1 heterocycles. The fourth-order valence-electron chi connectivity index (χ4n) is 2.74. The lowest BCUT2D eigenvalue weighted by Gasteiger charge is -2.21. The monoisotopic (exact) mass is 397 g/mol. The lowest BCUT2D eigenvalue weighted by atomic mass is 10.0. The first-order valence-electron chi connectivity index (χ1n) is 8.81. The minimum absolute atomic E-state index is 0.0726. The fourth-order valence-corrected chi connectivity index (χ4v) is 3.54. The molecule has 0 bridgehead atoms. The van der Waals surface area contributed by atoms with Crippen molar-refractivity contribution >= 4 is 23.0 Å². The van der Waals surface area contributed by atoms with E-state index in [1.165, 1.54) is 30.4 Å². The molecular weight excluding hydrogens is 377 g/mol. The highest BCUT2D eigenvalue weighted by Gasteiger charge is 2.22. The molecule has 0 spiro atoms. The highest BCUT2D eigenvalue weighted by atomic mass is 32.1. The van der Waals surface area contributed by atoms with E-state index in [9.17, 15) is 14.0 Å². The first-order chi connectivity index (χ1) is 13.4. The van der Waals surface area contributed by atoms with Crippen LogP contribution >= 0.6 is 11.3 Å². The van der Waals surface area contributed by atoms with Gasteiger partial charge in [-0.15, -0.1) is 11.3 Å². The van der Waals surface area contributed by atoms with Crippen LogP contribution < -0.4 is 10.1 Å². The Morgan fingerprint density at radius 1 is 1.07 bits per heavy atom. The molecule has 1 aromatic heterocycles. The predicted molar refractivity (Wildman–Crippen MR) is 107 cm³/mol. The average molecular weight is 397 g/mol. The molecule has 0 aliphatic carbocycles. The number of carbonyl (C=O) groups excluding carboxylic acids is 2. The van der Waals surface area contributed by atoms with Gasteiger partial charge in [-0.25, -0.2) is 4.39 Å². The highest BCUT2D eigenvalue weighted by Crippen LogP contribution is 2.26. The number of Topliss-reactive ketones (excluding diaryl/α,β-unsaturated/α-hetero) is 1. The van der Waals surface area contributed by atoms with Crippen LogP contribution in [0, 0.1) is 5.82 Å². The van der Waals surface area contributed by atoms with Gasteiger partial charge in [0.15, 0.2) is 11.9 Å². The first-order valence-corrected chi connectivity index (χ1v) is 9.69. The van der Waals surface area contributed by atoms with Crippen LogP contribution in [0.4, 0.5) is 4.39 Å². The summed E-state index contributed by atoms with van der Waals surface area (Å²) in [5, 5.41) is 4.89. The number of ketones is 1. The van der Waals surface area contributed by atoms with Crippen LogP contribution in [0.1, 0.15) is 40.7 Å². The van der Waals surface area contributed by atoms with Crippen LogP contribution in [-0.4, -0.2) is 17.8 Å². The smallest absolute Gasteiger partial charge is 0.261 e. The summed E-state index contributed by atoms with van der Waals surface area (Å²) in [6, 6.07) is 16.2. The Morgan fingerprint density at radius 3 is 2.46 bits per heavy atom. The van der Waals surface area contributed by atoms with Crippen molar-refractivity contribution in [1.29, 1.82) is 0 Å². The van der Waals surface area contributed by atoms with Crippen LogP contribution in [0.3, 0.4) is 0 Å². The van der Waals surface area contributed by atoms with E-state index in [0.717, 1.165) is 10.4 Å². The average Bonchev–Trinajstić information content (AvgIpc) is 3.21. The number of carbonyl (C=O) groups is 2. The normalized spacial score (nSPS) is 12.8. The number of hydrogen-bond acceptors (Lipinski definition) is 4. The summed E-state index contributed by atoms with van der Waals surface area (Å²) >= 11 is 1.51. The molecule has 4 nitrogen and oxygen atoms in total. The van der Waals surface area contributed by atoms with Gasteiger partial charge in [0.2, 0.25) is 0 Å². The Bertz CT molecular complexity index is 954. The molecule has 144 valence electrons. The molecule has 0 saturated heterocycles. The van der Waals surface area contributed by atoms with Gasteiger partial charge in [0.05, 0.1) is 6.04 Å². The fraction of sp³-hybridized carbons (Fsp3) is 0.182. The number of amides is 1. The number of thiophene rings is 1. The third-order valence-corrected chi connectivity index (χ3v) is 5.18. The minimum atomic E-state index is -0.773. The number of halogens is 1. The van der Waals surface area contributed by atoms with Gasteiger partial charge < -0.3 is 10.1 Å². The standard InChI is InChI=1S/C22H20FNO3S/c1-14(25)17-5-3-6-19(13-17)27-15(2)22(26)24-21(20-7-4-12-28-20)16-8-10-18(23)11-9-16/h3-13,15,21H,1-2H3,(H,24,26). The summed E-state index contributed by atoms with van der Waals surface area (Å²) in [4.78, 5) is 25.2. The molecule has 0 radical (unpaired) electrons. The highest BCUT2D eigenvalue weighted by molar-refractivity contribution is 7.10. The molecule has 28 heavy (non-hydrogen) atoms. The molecule has 2 atom stereocenters. The van der Waals surface area contributed by atoms with Gasteiger partial charge in [0.25, 0.3) is 5.91 Å². The molecule has 2 unspecified atom stereocenters. The molecule has 2 aromatic carbocycles. The van der Waals surface area contributed by atoms with Gasteiger partial charge in [-0.1, -0.05) is 30.3 Å². The quantitative estimate of drug-likeness (QED) is 0.585. The molecular formula is C22H20FNO3S. The summed E-state index contributed by atoms with van der Waals surface area (Å²) < 4.78 is 19.0. The van der Waals surface area contributed by atoms with Crippen molar-refractivity contribution in [1.82, 2.24) is 5.32 Å². The topological polar surface area (TPSA) is 55.4 Å². The molecule has 0 aliphatic heterocycles. The van der Waals surface area contributed by atoms with Crippen LogP contribution in [0.15, 0.2) is 66.0 Å². The van der Waals surface area contributed by atoms with Crippen molar-refractivity contribution in [2.24, 2.45) is 0 Å². The number of ether oxygens (including phenoxy) is 1. The van der Waals surface area contributed by atoms with Crippen molar-refractivity contribution in [3.05, 3.63) is 87.9 Å². The summed E-state index contributed by atoms with van der Waals surface area (Å²) in [5.41, 5.74) is 1.30. The molecule has 0 saturated carbocycles. The largest absolute Gasteiger partial charge is 0.481 e. The van der Waals surface area contributed by atoms with Crippen molar-refractivity contribution in [2.75, 3.05) is 0 Å².